The van der Waals surface area contributed by atoms with Crippen molar-refractivity contribution >= 4 is 12.2 Å². The zero-order chi connectivity index (χ0) is 19.2. The van der Waals surface area contributed by atoms with E-state index in [-0.39, 0.29) is 0 Å². The molecule has 4 rings (SSSR count). The summed E-state index contributed by atoms with van der Waals surface area (Å²) in [6.45, 7) is 2.11. The summed E-state index contributed by atoms with van der Waals surface area (Å²) in [6.07, 6.45) is 6.98. The van der Waals surface area contributed by atoms with Crippen molar-refractivity contribution in [1.29, 1.82) is 0 Å². The molecule has 0 atom stereocenters. The lowest BCUT2D eigenvalue weighted by atomic mass is 10.1. The Morgan fingerprint density at radius 1 is 0.929 bits per heavy atom. The predicted octanol–water partition coefficient (Wildman–Crippen LogP) is 2.89. The van der Waals surface area contributed by atoms with Crippen LogP contribution in [0.5, 0.6) is 5.88 Å². The number of hydrogen-bond acceptors (Lipinski definition) is 4. The van der Waals surface area contributed by atoms with E-state index in [9.17, 15) is 0 Å². The second-order valence-corrected chi connectivity index (χ2v) is 6.53. The Bertz CT molecular complexity index is 1160. The summed E-state index contributed by atoms with van der Waals surface area (Å²) in [6, 6.07) is 16.3. The molecule has 4 heteroatoms. The summed E-state index contributed by atoms with van der Waals surface area (Å²) in [7, 11) is 0. The summed E-state index contributed by atoms with van der Waals surface area (Å²) in [5.74, 6) is 6.93. The number of ether oxygens (including phenoxy) is 1. The first-order valence-corrected chi connectivity index (χ1v) is 9.44. The number of fused-ring (bicyclic) bond motifs is 1. The average Bonchev–Trinajstić information content (AvgIpc) is 2.75. The van der Waals surface area contributed by atoms with Crippen molar-refractivity contribution in [3.8, 4) is 29.2 Å². The number of pyridine rings is 1. The van der Waals surface area contributed by atoms with Gasteiger partial charge in [0.05, 0.1) is 10.6 Å². The van der Waals surface area contributed by atoms with Gasteiger partial charge in [-0.1, -0.05) is 54.5 Å². The van der Waals surface area contributed by atoms with Crippen LogP contribution in [0.15, 0.2) is 48.5 Å². The predicted molar refractivity (Wildman–Crippen MR) is 111 cm³/mol. The fourth-order valence-electron chi connectivity index (χ4n) is 3.17. The summed E-state index contributed by atoms with van der Waals surface area (Å²) in [5, 5.41) is 1.86. The summed E-state index contributed by atoms with van der Waals surface area (Å²) in [4.78, 5) is 14.2. The van der Waals surface area contributed by atoms with Crippen molar-refractivity contribution in [1.82, 2.24) is 15.0 Å². The maximum Gasteiger partial charge on any atom is 0.225 e. The van der Waals surface area contributed by atoms with E-state index in [1.807, 2.05) is 36.4 Å². The van der Waals surface area contributed by atoms with Crippen LogP contribution in [0, 0.1) is 11.8 Å². The number of nitrogens with zero attached hydrogens (tertiary/aromatic N) is 3. The topological polar surface area (TPSA) is 47.9 Å². The van der Waals surface area contributed by atoms with Gasteiger partial charge in [-0.3, -0.25) is 0 Å². The standard InChI is InChI=1S/C24H21N3O/c1-2-3-16-28-24-20-13-7-8-14-21(20)26-23(27-24)22-15-9-12-19(25-22)17-18-10-5-4-6-11-18/h4-6,9-15H,7-8,16-17H2,1H3. The smallest absolute Gasteiger partial charge is 0.225 e. The Balaban J connectivity index is 1.72. The average molecular weight is 367 g/mol. The van der Waals surface area contributed by atoms with Gasteiger partial charge in [-0.05, 0) is 37.5 Å². The van der Waals surface area contributed by atoms with Gasteiger partial charge >= 0.3 is 0 Å². The highest BCUT2D eigenvalue weighted by Gasteiger charge is 2.11. The Morgan fingerprint density at radius 3 is 2.64 bits per heavy atom. The van der Waals surface area contributed by atoms with E-state index in [0.29, 0.717) is 18.3 Å². The second kappa shape index (κ2) is 8.49. The fourth-order valence-corrected chi connectivity index (χ4v) is 3.17. The fraction of sp³-hybridized carbons (Fsp3) is 0.208. The van der Waals surface area contributed by atoms with Gasteiger partial charge in [-0.25, -0.2) is 9.97 Å². The van der Waals surface area contributed by atoms with Gasteiger partial charge in [0.1, 0.15) is 5.69 Å². The molecule has 3 aromatic rings. The lowest BCUT2D eigenvalue weighted by Gasteiger charge is -2.09. The zero-order valence-electron chi connectivity index (χ0n) is 15.9. The minimum atomic E-state index is 0.314. The first-order valence-electron chi connectivity index (χ1n) is 9.44. The van der Waals surface area contributed by atoms with Crippen molar-refractivity contribution in [2.75, 3.05) is 6.61 Å². The molecule has 2 aromatic heterocycles. The Hall–Kier alpha value is -3.45. The van der Waals surface area contributed by atoms with Gasteiger partial charge in [-0.2, -0.15) is 4.98 Å². The van der Waals surface area contributed by atoms with E-state index in [2.05, 4.69) is 41.1 Å². The quantitative estimate of drug-likeness (QED) is 0.651. The first-order chi connectivity index (χ1) is 13.8. The van der Waals surface area contributed by atoms with Crippen LogP contribution >= 0.6 is 0 Å². The van der Waals surface area contributed by atoms with Crippen molar-refractivity contribution < 1.29 is 4.74 Å². The van der Waals surface area contributed by atoms with Gasteiger partial charge < -0.3 is 4.74 Å². The maximum atomic E-state index is 5.83. The van der Waals surface area contributed by atoms with Crippen LogP contribution in [0.1, 0.15) is 31.0 Å². The molecule has 0 bridgehead atoms. The highest BCUT2D eigenvalue weighted by Crippen LogP contribution is 2.15. The van der Waals surface area contributed by atoms with Crippen molar-refractivity contribution in [2.45, 2.75) is 26.2 Å². The minimum Gasteiger partial charge on any atom is -0.464 e. The third-order valence-corrected chi connectivity index (χ3v) is 4.51. The van der Waals surface area contributed by atoms with Gasteiger partial charge in [0.25, 0.3) is 0 Å². The van der Waals surface area contributed by atoms with Gasteiger partial charge in [0.15, 0.2) is 12.4 Å². The third kappa shape index (κ3) is 4.10. The molecule has 0 amide bonds. The van der Waals surface area contributed by atoms with Gasteiger partial charge in [0, 0.05) is 12.1 Å². The van der Waals surface area contributed by atoms with E-state index >= 15 is 0 Å². The molecule has 1 aliphatic carbocycles. The molecule has 0 spiro atoms. The molecule has 2 heterocycles. The normalized spacial score (nSPS) is 12.0. The molecule has 1 aliphatic rings. The SMILES string of the molecule is CC#CCOc1nc(-c2cccc(Cc3ccccc3)n2)nc2c1=CCCC=2. The molecule has 4 nitrogen and oxygen atoms in total. The molecule has 0 saturated carbocycles. The highest BCUT2D eigenvalue weighted by molar-refractivity contribution is 5.52. The molecule has 0 radical (unpaired) electrons. The second-order valence-electron chi connectivity index (χ2n) is 6.53. The Labute approximate surface area is 164 Å². The van der Waals surface area contributed by atoms with E-state index in [1.54, 1.807) is 6.92 Å². The largest absolute Gasteiger partial charge is 0.464 e. The summed E-state index contributed by atoms with van der Waals surface area (Å²) < 4.78 is 5.83. The van der Waals surface area contributed by atoms with Gasteiger partial charge in [-0.15, -0.1) is 5.92 Å². The van der Waals surface area contributed by atoms with Crippen LogP contribution in [-0.4, -0.2) is 21.6 Å². The number of benzene rings is 1. The molecule has 0 saturated heterocycles. The van der Waals surface area contributed by atoms with Gasteiger partial charge in [0.2, 0.25) is 5.88 Å². The molecule has 0 fully saturated rings. The van der Waals surface area contributed by atoms with Crippen LogP contribution < -0.4 is 15.3 Å². The maximum absolute atomic E-state index is 5.83. The van der Waals surface area contributed by atoms with E-state index in [1.165, 1.54) is 5.56 Å². The lowest BCUT2D eigenvalue weighted by Crippen LogP contribution is -2.33. The van der Waals surface area contributed by atoms with Crippen LogP contribution in [0.4, 0.5) is 0 Å². The zero-order valence-corrected chi connectivity index (χ0v) is 15.9. The molecule has 28 heavy (non-hydrogen) atoms. The minimum absolute atomic E-state index is 0.314. The van der Waals surface area contributed by atoms with Crippen molar-refractivity contribution in [2.24, 2.45) is 0 Å². The lowest BCUT2D eigenvalue weighted by molar-refractivity contribution is 0.351. The molecule has 0 unspecified atom stereocenters. The molecule has 138 valence electrons. The van der Waals surface area contributed by atoms with E-state index in [4.69, 9.17) is 14.7 Å². The Morgan fingerprint density at radius 2 is 1.79 bits per heavy atom. The van der Waals surface area contributed by atoms with Crippen LogP contribution in [0.25, 0.3) is 23.7 Å². The van der Waals surface area contributed by atoms with E-state index < -0.39 is 0 Å². The van der Waals surface area contributed by atoms with Crippen LogP contribution in [0.2, 0.25) is 0 Å². The number of hydrogen-bond donors (Lipinski definition) is 0. The third-order valence-electron chi connectivity index (χ3n) is 4.51. The molecular weight excluding hydrogens is 346 g/mol. The summed E-state index contributed by atoms with van der Waals surface area (Å²) in [5.41, 5.74) is 2.96. The molecule has 0 aliphatic heterocycles. The molecule has 0 N–H and O–H groups in total. The van der Waals surface area contributed by atoms with Crippen molar-refractivity contribution in [3.05, 3.63) is 70.4 Å². The Kier molecular flexibility index (Phi) is 5.44. The van der Waals surface area contributed by atoms with Crippen molar-refractivity contribution in [3.63, 3.8) is 0 Å². The summed E-state index contributed by atoms with van der Waals surface area (Å²) >= 11 is 0. The number of rotatable bonds is 5. The van der Waals surface area contributed by atoms with E-state index in [0.717, 1.165) is 41.2 Å². The first kappa shape index (κ1) is 17.9. The molecular formula is C24H21N3O. The van der Waals surface area contributed by atoms with Crippen LogP contribution in [-0.2, 0) is 6.42 Å². The highest BCUT2D eigenvalue weighted by atomic mass is 16.5. The van der Waals surface area contributed by atoms with Crippen LogP contribution in [0.3, 0.4) is 0 Å². The monoisotopic (exact) mass is 367 g/mol. The molecule has 1 aromatic carbocycles. The number of aromatic nitrogens is 3.